The average Bonchev–Trinajstić information content (AvgIpc) is 2.83. The van der Waals surface area contributed by atoms with Gasteiger partial charge in [0.05, 0.1) is 7.11 Å². The number of carbonyl (C=O) groups is 1. The Kier molecular flexibility index (Phi) is 6.13. The molecule has 0 radical (unpaired) electrons. The van der Waals surface area contributed by atoms with E-state index in [9.17, 15) is 4.79 Å². The van der Waals surface area contributed by atoms with Gasteiger partial charge in [-0.3, -0.25) is 4.79 Å². The minimum absolute atomic E-state index is 0.0122. The summed E-state index contributed by atoms with van der Waals surface area (Å²) in [6.07, 6.45) is 0. The molecule has 0 aliphatic rings. The number of benzene rings is 4. The summed E-state index contributed by atoms with van der Waals surface area (Å²) in [6, 6.07) is 31.2. The van der Waals surface area contributed by atoms with Gasteiger partial charge in [-0.25, -0.2) is 0 Å². The van der Waals surface area contributed by atoms with Gasteiger partial charge in [0, 0.05) is 11.1 Å². The van der Waals surface area contributed by atoms with Crippen LogP contribution in [0.15, 0.2) is 97.1 Å². The fraction of sp³-hybridized carbons (Fsp3) is 0.107. The Hall–Kier alpha value is -3.85. The van der Waals surface area contributed by atoms with Gasteiger partial charge in [0.15, 0.2) is 5.78 Å². The fourth-order valence-corrected chi connectivity index (χ4v) is 3.32. The van der Waals surface area contributed by atoms with E-state index in [-0.39, 0.29) is 5.78 Å². The molecule has 4 aromatic carbocycles. The lowest BCUT2D eigenvalue weighted by Gasteiger charge is -2.09. The number of aryl methyl sites for hydroxylation is 1. The third kappa shape index (κ3) is 5.01. The standard InChI is InChI=1S/C28H24O3/c1-20-3-7-22(8-4-20)23-11-17-27(18-12-23)31-19-21-5-9-24(10-6-21)28(29)25-13-15-26(30-2)16-14-25/h3-18H,19H2,1-2H3. The summed E-state index contributed by atoms with van der Waals surface area (Å²) in [5, 5.41) is 0. The molecule has 0 fully saturated rings. The highest BCUT2D eigenvalue weighted by atomic mass is 16.5. The van der Waals surface area contributed by atoms with Crippen LogP contribution in [-0.4, -0.2) is 12.9 Å². The first-order valence-electron chi connectivity index (χ1n) is 10.2. The Balaban J connectivity index is 1.36. The molecule has 0 aromatic heterocycles. The van der Waals surface area contributed by atoms with Crippen molar-refractivity contribution in [2.45, 2.75) is 13.5 Å². The zero-order valence-corrected chi connectivity index (χ0v) is 17.7. The van der Waals surface area contributed by atoms with Crippen molar-refractivity contribution in [2.24, 2.45) is 0 Å². The molecule has 0 unspecified atom stereocenters. The lowest BCUT2D eigenvalue weighted by molar-refractivity contribution is 0.103. The predicted molar refractivity (Wildman–Crippen MR) is 124 cm³/mol. The van der Waals surface area contributed by atoms with Crippen molar-refractivity contribution in [3.8, 4) is 22.6 Å². The summed E-state index contributed by atoms with van der Waals surface area (Å²) >= 11 is 0. The molecule has 0 amide bonds. The van der Waals surface area contributed by atoms with Crippen LogP contribution in [-0.2, 0) is 6.61 Å². The molecular weight excluding hydrogens is 384 g/mol. The summed E-state index contributed by atoms with van der Waals surface area (Å²) in [6.45, 7) is 2.53. The zero-order chi connectivity index (χ0) is 21.6. The lowest BCUT2D eigenvalue weighted by atomic mass is 10.0. The van der Waals surface area contributed by atoms with E-state index in [0.29, 0.717) is 17.7 Å². The maximum absolute atomic E-state index is 12.6. The number of rotatable bonds is 7. The van der Waals surface area contributed by atoms with Gasteiger partial charge in [-0.15, -0.1) is 0 Å². The van der Waals surface area contributed by atoms with E-state index < -0.39 is 0 Å². The van der Waals surface area contributed by atoms with Gasteiger partial charge in [-0.05, 0) is 60.0 Å². The van der Waals surface area contributed by atoms with Crippen LogP contribution in [0.25, 0.3) is 11.1 Å². The van der Waals surface area contributed by atoms with Crippen molar-refractivity contribution in [1.29, 1.82) is 0 Å². The second-order valence-electron chi connectivity index (χ2n) is 7.43. The number of methoxy groups -OCH3 is 1. The molecule has 0 saturated carbocycles. The van der Waals surface area contributed by atoms with E-state index in [1.54, 1.807) is 31.4 Å². The SMILES string of the molecule is COc1ccc(C(=O)c2ccc(COc3ccc(-c4ccc(C)cc4)cc3)cc2)cc1. The molecule has 0 bridgehead atoms. The molecule has 0 saturated heterocycles. The van der Waals surface area contributed by atoms with Crippen LogP contribution in [0.1, 0.15) is 27.0 Å². The summed E-state index contributed by atoms with van der Waals surface area (Å²) in [7, 11) is 1.61. The highest BCUT2D eigenvalue weighted by Crippen LogP contribution is 2.23. The van der Waals surface area contributed by atoms with Crippen LogP contribution in [0, 0.1) is 6.92 Å². The first-order chi connectivity index (χ1) is 15.1. The van der Waals surface area contributed by atoms with Crippen LogP contribution in [0.5, 0.6) is 11.5 Å². The van der Waals surface area contributed by atoms with Gasteiger partial charge in [0.2, 0.25) is 0 Å². The maximum atomic E-state index is 12.6. The molecule has 0 spiro atoms. The predicted octanol–water partition coefficient (Wildman–Crippen LogP) is 6.48. The number of ketones is 1. The third-order valence-electron chi connectivity index (χ3n) is 5.21. The maximum Gasteiger partial charge on any atom is 0.193 e. The minimum Gasteiger partial charge on any atom is -0.497 e. The topological polar surface area (TPSA) is 35.5 Å². The van der Waals surface area contributed by atoms with E-state index in [4.69, 9.17) is 9.47 Å². The monoisotopic (exact) mass is 408 g/mol. The number of carbonyl (C=O) groups excluding carboxylic acids is 1. The Labute approximate surface area is 182 Å². The van der Waals surface area contributed by atoms with Crippen molar-refractivity contribution in [2.75, 3.05) is 7.11 Å². The largest absolute Gasteiger partial charge is 0.497 e. The Bertz CT molecular complexity index is 1140. The van der Waals surface area contributed by atoms with Crippen LogP contribution in [0.3, 0.4) is 0 Å². The van der Waals surface area contributed by atoms with Crippen molar-refractivity contribution in [3.63, 3.8) is 0 Å². The zero-order valence-electron chi connectivity index (χ0n) is 17.7. The van der Waals surface area contributed by atoms with Crippen molar-refractivity contribution in [1.82, 2.24) is 0 Å². The highest BCUT2D eigenvalue weighted by molar-refractivity contribution is 6.09. The fourth-order valence-electron chi connectivity index (χ4n) is 3.32. The molecule has 154 valence electrons. The first kappa shape index (κ1) is 20.4. The summed E-state index contributed by atoms with van der Waals surface area (Å²) in [4.78, 5) is 12.6. The molecule has 3 nitrogen and oxygen atoms in total. The average molecular weight is 408 g/mol. The normalized spacial score (nSPS) is 10.5. The summed E-state index contributed by atoms with van der Waals surface area (Å²) in [5.74, 6) is 1.53. The Morgan fingerprint density at radius 3 is 1.68 bits per heavy atom. The van der Waals surface area contributed by atoms with Gasteiger partial charge >= 0.3 is 0 Å². The summed E-state index contributed by atoms with van der Waals surface area (Å²) in [5.41, 5.74) is 5.90. The summed E-state index contributed by atoms with van der Waals surface area (Å²) < 4.78 is 11.1. The second-order valence-corrected chi connectivity index (χ2v) is 7.43. The van der Waals surface area contributed by atoms with Crippen LogP contribution >= 0.6 is 0 Å². The van der Waals surface area contributed by atoms with E-state index in [1.807, 2.05) is 36.4 Å². The van der Waals surface area contributed by atoms with Crippen molar-refractivity contribution >= 4 is 5.78 Å². The van der Waals surface area contributed by atoms with E-state index >= 15 is 0 Å². The van der Waals surface area contributed by atoms with E-state index in [1.165, 1.54) is 11.1 Å². The number of hydrogen-bond acceptors (Lipinski definition) is 3. The van der Waals surface area contributed by atoms with Gasteiger partial charge in [0.25, 0.3) is 0 Å². The van der Waals surface area contributed by atoms with Gasteiger partial charge in [-0.1, -0.05) is 66.2 Å². The highest BCUT2D eigenvalue weighted by Gasteiger charge is 2.09. The smallest absolute Gasteiger partial charge is 0.193 e. The molecule has 0 heterocycles. The van der Waals surface area contributed by atoms with Gasteiger partial charge in [0.1, 0.15) is 18.1 Å². The third-order valence-corrected chi connectivity index (χ3v) is 5.21. The van der Waals surface area contributed by atoms with Gasteiger partial charge in [-0.2, -0.15) is 0 Å². The van der Waals surface area contributed by atoms with Crippen molar-refractivity contribution in [3.05, 3.63) is 119 Å². The first-order valence-corrected chi connectivity index (χ1v) is 10.2. The Morgan fingerprint density at radius 2 is 1.13 bits per heavy atom. The molecule has 4 aromatic rings. The molecule has 0 N–H and O–H groups in total. The Morgan fingerprint density at radius 1 is 0.645 bits per heavy atom. The quantitative estimate of drug-likeness (QED) is 0.328. The molecule has 31 heavy (non-hydrogen) atoms. The van der Waals surface area contributed by atoms with Crippen molar-refractivity contribution < 1.29 is 14.3 Å². The second kappa shape index (κ2) is 9.31. The van der Waals surface area contributed by atoms with Crippen LogP contribution < -0.4 is 9.47 Å². The molecule has 3 heteroatoms. The molecular formula is C28H24O3. The molecule has 0 aliphatic carbocycles. The molecule has 4 rings (SSSR count). The number of hydrogen-bond donors (Lipinski definition) is 0. The molecule has 0 aliphatic heterocycles. The minimum atomic E-state index is -0.0122. The lowest BCUT2D eigenvalue weighted by Crippen LogP contribution is -2.02. The van der Waals surface area contributed by atoms with Crippen LogP contribution in [0.2, 0.25) is 0 Å². The number of ether oxygens (including phenoxy) is 2. The van der Waals surface area contributed by atoms with E-state index in [2.05, 4.69) is 43.3 Å². The van der Waals surface area contributed by atoms with Crippen LogP contribution in [0.4, 0.5) is 0 Å². The van der Waals surface area contributed by atoms with E-state index in [0.717, 1.165) is 22.6 Å². The molecule has 0 atom stereocenters. The van der Waals surface area contributed by atoms with Gasteiger partial charge < -0.3 is 9.47 Å².